The third-order valence-electron chi connectivity index (χ3n) is 4.81. The van der Waals surface area contributed by atoms with Gasteiger partial charge in [0, 0.05) is 51.7 Å². The number of aliphatic hydroxyl groups excluding tert-OH is 1. The van der Waals surface area contributed by atoms with Gasteiger partial charge in [-0.25, -0.2) is 0 Å². The van der Waals surface area contributed by atoms with Gasteiger partial charge in [-0.3, -0.25) is 4.79 Å². The van der Waals surface area contributed by atoms with Crippen molar-refractivity contribution in [3.05, 3.63) is 35.4 Å². The lowest BCUT2D eigenvalue weighted by Crippen LogP contribution is -2.39. The summed E-state index contributed by atoms with van der Waals surface area (Å²) in [6.07, 6.45) is 1.49. The Kier molecular flexibility index (Phi) is 5.65. The minimum atomic E-state index is 0.146. The molecule has 1 saturated heterocycles. The summed E-state index contributed by atoms with van der Waals surface area (Å²) in [4.78, 5) is 16.7. The molecule has 5 nitrogen and oxygen atoms in total. The molecule has 2 aliphatic rings. The molecule has 0 radical (unpaired) electrons. The molecule has 0 aromatic heterocycles. The lowest BCUT2D eigenvalue weighted by Gasteiger charge is -2.30. The summed E-state index contributed by atoms with van der Waals surface area (Å²) in [5, 5.41) is 9.33. The molecule has 1 atom stereocenters. The minimum Gasteiger partial charge on any atom is -0.396 e. The van der Waals surface area contributed by atoms with Crippen molar-refractivity contribution >= 4 is 5.91 Å². The fourth-order valence-electron chi connectivity index (χ4n) is 3.39. The van der Waals surface area contributed by atoms with Gasteiger partial charge in [-0.2, -0.15) is 0 Å². The number of benzene rings is 1. The van der Waals surface area contributed by atoms with E-state index in [-0.39, 0.29) is 18.4 Å². The Labute approximate surface area is 137 Å². The molecule has 23 heavy (non-hydrogen) atoms. The van der Waals surface area contributed by atoms with E-state index < -0.39 is 0 Å². The molecule has 0 unspecified atom stereocenters. The van der Waals surface area contributed by atoms with E-state index in [1.165, 1.54) is 11.1 Å². The summed E-state index contributed by atoms with van der Waals surface area (Å²) >= 11 is 0. The zero-order chi connectivity index (χ0) is 16.1. The van der Waals surface area contributed by atoms with E-state index in [1.807, 2.05) is 11.0 Å². The van der Waals surface area contributed by atoms with Crippen LogP contribution in [0.5, 0.6) is 0 Å². The highest BCUT2D eigenvalue weighted by atomic mass is 16.5. The average molecular weight is 318 g/mol. The Balaban J connectivity index is 1.50. The van der Waals surface area contributed by atoms with Crippen LogP contribution in [0.3, 0.4) is 0 Å². The van der Waals surface area contributed by atoms with Crippen molar-refractivity contribution in [2.24, 2.45) is 5.92 Å². The first-order valence-corrected chi connectivity index (χ1v) is 8.52. The molecule has 0 spiro atoms. The maximum atomic E-state index is 12.5. The first-order chi connectivity index (χ1) is 11.3. The molecule has 0 saturated carbocycles. The normalized spacial score (nSPS) is 22.5. The van der Waals surface area contributed by atoms with Crippen LogP contribution in [0.25, 0.3) is 0 Å². The van der Waals surface area contributed by atoms with Crippen molar-refractivity contribution in [3.8, 4) is 0 Å². The molecule has 2 heterocycles. The Morgan fingerprint density at radius 3 is 2.91 bits per heavy atom. The van der Waals surface area contributed by atoms with Gasteiger partial charge in [0.05, 0.1) is 13.2 Å². The zero-order valence-corrected chi connectivity index (χ0v) is 13.6. The number of nitrogens with zero attached hydrogens (tertiary/aromatic N) is 2. The summed E-state index contributed by atoms with van der Waals surface area (Å²) in [6.45, 7) is 5.39. The quantitative estimate of drug-likeness (QED) is 0.896. The molecule has 126 valence electrons. The van der Waals surface area contributed by atoms with Crippen LogP contribution in [-0.2, 0) is 22.5 Å². The highest BCUT2D eigenvalue weighted by Crippen LogP contribution is 2.19. The molecule has 1 aromatic rings. The van der Waals surface area contributed by atoms with Crippen LogP contribution < -0.4 is 0 Å². The summed E-state index contributed by atoms with van der Waals surface area (Å²) in [5.74, 6) is 0.389. The second-order valence-corrected chi connectivity index (χ2v) is 6.51. The number of hydrogen-bond donors (Lipinski definition) is 1. The van der Waals surface area contributed by atoms with Crippen LogP contribution in [0.15, 0.2) is 24.3 Å². The number of hydrogen-bond acceptors (Lipinski definition) is 4. The molecule has 1 fully saturated rings. The van der Waals surface area contributed by atoms with Crippen molar-refractivity contribution in [3.63, 3.8) is 0 Å². The standard InChI is InChI=1S/C18H26N2O3/c21-13-15-11-19(9-10-23-14-15)7-6-18(22)20-8-5-16-3-1-2-4-17(16)12-20/h1-4,15,21H,5-14H2/t15-/m1/s1. The summed E-state index contributed by atoms with van der Waals surface area (Å²) in [6, 6.07) is 8.38. The number of fused-ring (bicyclic) bond motifs is 1. The number of amides is 1. The summed E-state index contributed by atoms with van der Waals surface area (Å²) in [7, 11) is 0. The monoisotopic (exact) mass is 318 g/mol. The third-order valence-corrected chi connectivity index (χ3v) is 4.81. The summed E-state index contributed by atoms with van der Waals surface area (Å²) in [5.41, 5.74) is 2.64. The van der Waals surface area contributed by atoms with Crippen molar-refractivity contribution in [2.45, 2.75) is 19.4 Å². The van der Waals surface area contributed by atoms with Gasteiger partial charge >= 0.3 is 0 Å². The smallest absolute Gasteiger partial charge is 0.224 e. The predicted molar refractivity (Wildman–Crippen MR) is 88.0 cm³/mol. The van der Waals surface area contributed by atoms with Crippen LogP contribution in [0.2, 0.25) is 0 Å². The minimum absolute atomic E-state index is 0.146. The number of carbonyl (C=O) groups is 1. The van der Waals surface area contributed by atoms with Crippen LogP contribution >= 0.6 is 0 Å². The van der Waals surface area contributed by atoms with E-state index in [2.05, 4.69) is 23.1 Å². The molecule has 0 bridgehead atoms. The van der Waals surface area contributed by atoms with Crippen molar-refractivity contribution < 1.29 is 14.6 Å². The fraction of sp³-hybridized carbons (Fsp3) is 0.611. The fourth-order valence-corrected chi connectivity index (χ4v) is 3.39. The summed E-state index contributed by atoms with van der Waals surface area (Å²) < 4.78 is 5.49. The first-order valence-electron chi connectivity index (χ1n) is 8.52. The lowest BCUT2D eigenvalue weighted by molar-refractivity contribution is -0.132. The Morgan fingerprint density at radius 2 is 2.09 bits per heavy atom. The second-order valence-electron chi connectivity index (χ2n) is 6.51. The van der Waals surface area contributed by atoms with Gasteiger partial charge < -0.3 is 19.6 Å². The van der Waals surface area contributed by atoms with Crippen LogP contribution in [0.4, 0.5) is 0 Å². The largest absolute Gasteiger partial charge is 0.396 e. The van der Waals surface area contributed by atoms with E-state index in [4.69, 9.17) is 4.74 Å². The van der Waals surface area contributed by atoms with E-state index in [0.29, 0.717) is 19.6 Å². The molecule has 0 aliphatic carbocycles. The predicted octanol–water partition coefficient (Wildman–Crippen LogP) is 0.902. The van der Waals surface area contributed by atoms with E-state index in [0.717, 1.165) is 39.1 Å². The highest BCUT2D eigenvalue weighted by Gasteiger charge is 2.22. The molecule has 1 aromatic carbocycles. The highest BCUT2D eigenvalue weighted by molar-refractivity contribution is 5.76. The van der Waals surface area contributed by atoms with Gasteiger partial charge in [-0.1, -0.05) is 24.3 Å². The van der Waals surface area contributed by atoms with E-state index >= 15 is 0 Å². The van der Waals surface area contributed by atoms with Gasteiger partial charge in [0.2, 0.25) is 5.91 Å². The van der Waals surface area contributed by atoms with Crippen molar-refractivity contribution in [1.82, 2.24) is 9.80 Å². The molecule has 1 N–H and O–H groups in total. The number of rotatable bonds is 4. The SMILES string of the molecule is O=C(CCN1CCOC[C@@H](CO)C1)N1CCc2ccccc2C1. The van der Waals surface area contributed by atoms with Gasteiger partial charge in [0.25, 0.3) is 0 Å². The molecule has 1 amide bonds. The maximum absolute atomic E-state index is 12.5. The third kappa shape index (κ3) is 4.31. The van der Waals surface area contributed by atoms with Crippen LogP contribution in [0.1, 0.15) is 17.5 Å². The number of carbonyl (C=O) groups excluding carboxylic acids is 1. The molecular weight excluding hydrogens is 292 g/mol. The molecule has 2 aliphatic heterocycles. The Bertz CT molecular complexity index is 535. The Hall–Kier alpha value is -1.43. The van der Waals surface area contributed by atoms with Gasteiger partial charge in [0.15, 0.2) is 0 Å². The van der Waals surface area contributed by atoms with E-state index in [1.54, 1.807) is 0 Å². The Morgan fingerprint density at radius 1 is 1.26 bits per heavy atom. The molecule has 3 rings (SSSR count). The zero-order valence-electron chi connectivity index (χ0n) is 13.6. The first kappa shape index (κ1) is 16.4. The van der Waals surface area contributed by atoms with Crippen molar-refractivity contribution in [1.29, 1.82) is 0 Å². The molecule has 5 heteroatoms. The van der Waals surface area contributed by atoms with Gasteiger partial charge in [-0.15, -0.1) is 0 Å². The van der Waals surface area contributed by atoms with Gasteiger partial charge in [0.1, 0.15) is 0 Å². The van der Waals surface area contributed by atoms with Crippen LogP contribution in [0, 0.1) is 5.92 Å². The molecular formula is C18H26N2O3. The average Bonchev–Trinajstić information content (AvgIpc) is 2.84. The van der Waals surface area contributed by atoms with E-state index in [9.17, 15) is 9.90 Å². The maximum Gasteiger partial charge on any atom is 0.224 e. The number of aliphatic hydroxyl groups is 1. The lowest BCUT2D eigenvalue weighted by atomic mass is 10.00. The topological polar surface area (TPSA) is 53.0 Å². The van der Waals surface area contributed by atoms with Crippen molar-refractivity contribution in [2.75, 3.05) is 46.0 Å². The second kappa shape index (κ2) is 7.90. The van der Waals surface area contributed by atoms with Gasteiger partial charge in [-0.05, 0) is 17.5 Å². The number of ether oxygens (including phenoxy) is 1. The van der Waals surface area contributed by atoms with Crippen LogP contribution in [-0.4, -0.2) is 66.8 Å².